The van der Waals surface area contributed by atoms with Gasteiger partial charge in [0.2, 0.25) is 0 Å². The van der Waals surface area contributed by atoms with Gasteiger partial charge >= 0.3 is 0 Å². The average Bonchev–Trinajstić information content (AvgIpc) is 2.49. The second kappa shape index (κ2) is 7.84. The first-order chi connectivity index (χ1) is 10.2. The van der Waals surface area contributed by atoms with Gasteiger partial charge in [0.1, 0.15) is 11.5 Å². The summed E-state index contributed by atoms with van der Waals surface area (Å²) in [5.41, 5.74) is 1.80. The molecule has 2 aromatic heterocycles. The summed E-state index contributed by atoms with van der Waals surface area (Å²) < 4.78 is 1.90. The van der Waals surface area contributed by atoms with Gasteiger partial charge in [0.25, 0.3) is 0 Å². The zero-order valence-electron chi connectivity index (χ0n) is 12.2. The molecule has 0 aliphatic carbocycles. The van der Waals surface area contributed by atoms with Crippen molar-refractivity contribution < 1.29 is 0 Å². The molecular formula is C15H18Br2N4. The van der Waals surface area contributed by atoms with Gasteiger partial charge in [-0.3, -0.25) is 4.98 Å². The highest BCUT2D eigenvalue weighted by Crippen LogP contribution is 2.27. The van der Waals surface area contributed by atoms with Crippen molar-refractivity contribution >= 4 is 37.7 Å². The molecule has 0 spiro atoms. The number of rotatable bonds is 6. The molecule has 1 N–H and O–H groups in total. The first-order valence-electron chi connectivity index (χ1n) is 7.07. The fourth-order valence-electron chi connectivity index (χ4n) is 1.88. The zero-order valence-corrected chi connectivity index (χ0v) is 15.3. The molecule has 112 valence electrons. The molecular weight excluding hydrogens is 396 g/mol. The number of anilines is 1. The molecule has 2 heterocycles. The van der Waals surface area contributed by atoms with Crippen molar-refractivity contribution in [2.45, 2.75) is 33.1 Å². The number of halogens is 2. The van der Waals surface area contributed by atoms with Crippen LogP contribution in [0.25, 0.3) is 11.5 Å². The van der Waals surface area contributed by atoms with Crippen LogP contribution in [0.15, 0.2) is 27.3 Å². The number of hydrogen-bond donors (Lipinski definition) is 1. The van der Waals surface area contributed by atoms with Crippen LogP contribution in [-0.4, -0.2) is 21.5 Å². The highest BCUT2D eigenvalue weighted by atomic mass is 79.9. The van der Waals surface area contributed by atoms with E-state index >= 15 is 0 Å². The summed E-state index contributed by atoms with van der Waals surface area (Å²) in [6, 6.07) is 3.87. The van der Waals surface area contributed by atoms with Crippen molar-refractivity contribution in [1.29, 1.82) is 0 Å². The van der Waals surface area contributed by atoms with E-state index in [0.29, 0.717) is 5.82 Å². The smallest absolute Gasteiger partial charge is 0.180 e. The van der Waals surface area contributed by atoms with E-state index in [1.165, 1.54) is 0 Å². The molecule has 0 bridgehead atoms. The molecule has 0 aliphatic heterocycles. The van der Waals surface area contributed by atoms with E-state index in [1.54, 1.807) is 6.20 Å². The van der Waals surface area contributed by atoms with Gasteiger partial charge in [-0.25, -0.2) is 9.97 Å². The average molecular weight is 414 g/mol. The lowest BCUT2D eigenvalue weighted by Gasteiger charge is -2.12. The van der Waals surface area contributed by atoms with Crippen molar-refractivity contribution in [3.8, 4) is 11.5 Å². The Hall–Kier alpha value is -1.01. The molecule has 0 fully saturated rings. The maximum atomic E-state index is 4.65. The van der Waals surface area contributed by atoms with Crippen molar-refractivity contribution in [2.75, 3.05) is 11.9 Å². The van der Waals surface area contributed by atoms with Gasteiger partial charge in [-0.2, -0.15) is 0 Å². The van der Waals surface area contributed by atoms with Crippen LogP contribution in [0.1, 0.15) is 32.4 Å². The third-order valence-corrected chi connectivity index (χ3v) is 4.21. The standard InChI is InChI=1S/C15H18Br2N4/c1-3-5-11-13(17)15(18-8-4-2)21-14(20-11)12-7-6-10(16)9-19-12/h6-7,9H,3-5,8H2,1-2H3,(H,18,20,21). The van der Waals surface area contributed by atoms with Crippen molar-refractivity contribution in [3.05, 3.63) is 33.0 Å². The number of hydrogen-bond acceptors (Lipinski definition) is 4. The molecule has 2 rings (SSSR count). The summed E-state index contributed by atoms with van der Waals surface area (Å²) in [5, 5.41) is 3.35. The maximum Gasteiger partial charge on any atom is 0.180 e. The SMILES string of the molecule is CCCNc1nc(-c2ccc(Br)cn2)nc(CCC)c1Br. The normalized spacial score (nSPS) is 10.7. The van der Waals surface area contributed by atoms with Crippen molar-refractivity contribution in [3.63, 3.8) is 0 Å². The predicted octanol–water partition coefficient (Wildman–Crippen LogP) is 4.84. The fourth-order valence-corrected chi connectivity index (χ4v) is 2.63. The third kappa shape index (κ3) is 4.23. The lowest BCUT2D eigenvalue weighted by Crippen LogP contribution is -2.08. The van der Waals surface area contributed by atoms with Crippen LogP contribution in [0.4, 0.5) is 5.82 Å². The molecule has 0 unspecified atom stereocenters. The van der Waals surface area contributed by atoms with Crippen LogP contribution < -0.4 is 5.32 Å². The highest BCUT2D eigenvalue weighted by Gasteiger charge is 2.13. The molecule has 21 heavy (non-hydrogen) atoms. The van der Waals surface area contributed by atoms with E-state index in [4.69, 9.17) is 0 Å². The number of nitrogens with one attached hydrogen (secondary N) is 1. The Morgan fingerprint density at radius 2 is 1.90 bits per heavy atom. The highest BCUT2D eigenvalue weighted by molar-refractivity contribution is 9.10. The van der Waals surface area contributed by atoms with Crippen LogP contribution in [-0.2, 0) is 6.42 Å². The summed E-state index contributed by atoms with van der Waals surface area (Å²) in [4.78, 5) is 13.6. The summed E-state index contributed by atoms with van der Waals surface area (Å²) in [7, 11) is 0. The molecule has 0 saturated carbocycles. The van der Waals surface area contributed by atoms with E-state index < -0.39 is 0 Å². The van der Waals surface area contributed by atoms with Gasteiger partial charge in [-0.05, 0) is 56.8 Å². The zero-order chi connectivity index (χ0) is 15.2. The van der Waals surface area contributed by atoms with E-state index in [2.05, 4.69) is 66.0 Å². The van der Waals surface area contributed by atoms with E-state index in [9.17, 15) is 0 Å². The Balaban J connectivity index is 2.44. The number of aryl methyl sites for hydroxylation is 1. The molecule has 0 atom stereocenters. The molecule has 0 radical (unpaired) electrons. The Morgan fingerprint density at radius 3 is 2.52 bits per heavy atom. The summed E-state index contributed by atoms with van der Waals surface area (Å²) in [5.74, 6) is 1.50. The predicted molar refractivity (Wildman–Crippen MR) is 93.4 cm³/mol. The third-order valence-electron chi connectivity index (χ3n) is 2.91. The van der Waals surface area contributed by atoms with Crippen LogP contribution in [0.3, 0.4) is 0 Å². The van der Waals surface area contributed by atoms with Crippen molar-refractivity contribution in [2.24, 2.45) is 0 Å². The van der Waals surface area contributed by atoms with E-state index in [0.717, 1.165) is 52.0 Å². The molecule has 2 aromatic rings. The van der Waals surface area contributed by atoms with Gasteiger partial charge < -0.3 is 5.32 Å². The van der Waals surface area contributed by atoms with Gasteiger partial charge in [0.05, 0.1) is 10.2 Å². The number of aromatic nitrogens is 3. The first-order valence-corrected chi connectivity index (χ1v) is 8.66. The van der Waals surface area contributed by atoms with Gasteiger partial charge in [0, 0.05) is 17.2 Å². The Labute approximate surface area is 142 Å². The van der Waals surface area contributed by atoms with Gasteiger partial charge in [-0.1, -0.05) is 20.3 Å². The Kier molecular flexibility index (Phi) is 6.11. The molecule has 6 heteroatoms. The monoisotopic (exact) mass is 412 g/mol. The summed E-state index contributed by atoms with van der Waals surface area (Å²) in [6.07, 6.45) is 4.76. The minimum Gasteiger partial charge on any atom is -0.369 e. The van der Waals surface area contributed by atoms with Gasteiger partial charge in [-0.15, -0.1) is 0 Å². The Morgan fingerprint density at radius 1 is 1.10 bits per heavy atom. The molecule has 0 amide bonds. The first kappa shape index (κ1) is 16.4. The lowest BCUT2D eigenvalue weighted by molar-refractivity contribution is 0.863. The lowest BCUT2D eigenvalue weighted by atomic mass is 10.2. The maximum absolute atomic E-state index is 4.65. The topological polar surface area (TPSA) is 50.7 Å². The minimum atomic E-state index is 0.660. The fraction of sp³-hybridized carbons (Fsp3) is 0.400. The van der Waals surface area contributed by atoms with Crippen LogP contribution in [0.2, 0.25) is 0 Å². The molecule has 0 aromatic carbocycles. The van der Waals surface area contributed by atoms with E-state index in [1.807, 2.05) is 12.1 Å². The molecule has 4 nitrogen and oxygen atoms in total. The number of pyridine rings is 1. The minimum absolute atomic E-state index is 0.660. The summed E-state index contributed by atoms with van der Waals surface area (Å²) in [6.45, 7) is 5.16. The Bertz CT molecular complexity index is 599. The largest absolute Gasteiger partial charge is 0.369 e. The molecule has 0 aliphatic rings. The van der Waals surface area contributed by atoms with E-state index in [-0.39, 0.29) is 0 Å². The van der Waals surface area contributed by atoms with Crippen molar-refractivity contribution in [1.82, 2.24) is 15.0 Å². The second-order valence-corrected chi connectivity index (χ2v) is 6.40. The number of nitrogens with zero attached hydrogens (tertiary/aromatic N) is 3. The van der Waals surface area contributed by atoms with Crippen LogP contribution in [0, 0.1) is 0 Å². The van der Waals surface area contributed by atoms with Gasteiger partial charge in [0.15, 0.2) is 5.82 Å². The summed E-state index contributed by atoms with van der Waals surface area (Å²) >= 11 is 7.01. The van der Waals surface area contributed by atoms with Crippen LogP contribution >= 0.6 is 31.9 Å². The second-order valence-electron chi connectivity index (χ2n) is 4.69. The van der Waals surface area contributed by atoms with Crippen LogP contribution in [0.5, 0.6) is 0 Å². The quantitative estimate of drug-likeness (QED) is 0.736. The molecule has 0 saturated heterocycles.